The topological polar surface area (TPSA) is 64.0 Å². The summed E-state index contributed by atoms with van der Waals surface area (Å²) in [5, 5.41) is 9.03. The zero-order valence-corrected chi connectivity index (χ0v) is 10.4. The summed E-state index contributed by atoms with van der Waals surface area (Å²) in [4.78, 5) is 0. The van der Waals surface area contributed by atoms with E-state index >= 15 is 0 Å². The number of nitriles is 1. The lowest BCUT2D eigenvalue weighted by molar-refractivity contribution is 0.181. The fraction of sp³-hybridized carbons (Fsp3) is 0.583. The summed E-state index contributed by atoms with van der Waals surface area (Å²) in [5.41, 5.74) is 8.63. The van der Waals surface area contributed by atoms with Crippen LogP contribution in [0.25, 0.3) is 0 Å². The van der Waals surface area contributed by atoms with Crippen molar-refractivity contribution in [3.8, 4) is 6.07 Å². The minimum absolute atomic E-state index is 0.251. The molecule has 0 aliphatic carbocycles. The third-order valence-electron chi connectivity index (χ3n) is 3.09. The molecule has 0 aliphatic rings. The Morgan fingerprint density at radius 2 is 2.12 bits per heavy atom. The Kier molecular flexibility index (Phi) is 3.97. The van der Waals surface area contributed by atoms with E-state index in [0.717, 1.165) is 17.7 Å². The van der Waals surface area contributed by atoms with Gasteiger partial charge in [-0.3, -0.25) is 0 Å². The molecule has 1 unspecified atom stereocenters. The van der Waals surface area contributed by atoms with Gasteiger partial charge in [-0.1, -0.05) is 0 Å². The molecule has 2 N–H and O–H groups in total. The minimum Gasteiger partial charge on any atom is -0.385 e. The number of rotatable bonds is 4. The molecule has 1 heterocycles. The van der Waals surface area contributed by atoms with Crippen LogP contribution in [0.2, 0.25) is 0 Å². The molecule has 0 spiro atoms. The molecule has 4 nitrogen and oxygen atoms in total. The standard InChI is InChI=1S/C12H19N3O/c1-8(5-6-16-4)15-10(3)9(2)11(7-13)12(15)14/h8H,5-6,14H2,1-4H3. The number of nitrogen functional groups attached to an aromatic ring is 1. The molecule has 0 saturated heterocycles. The summed E-state index contributed by atoms with van der Waals surface area (Å²) >= 11 is 0. The van der Waals surface area contributed by atoms with Crippen molar-refractivity contribution in [3.63, 3.8) is 0 Å². The fourth-order valence-electron chi connectivity index (χ4n) is 1.98. The van der Waals surface area contributed by atoms with Crippen LogP contribution in [0.5, 0.6) is 0 Å². The average molecular weight is 221 g/mol. The smallest absolute Gasteiger partial charge is 0.122 e. The number of anilines is 1. The highest BCUT2D eigenvalue weighted by Gasteiger charge is 2.18. The van der Waals surface area contributed by atoms with Crippen molar-refractivity contribution >= 4 is 5.82 Å². The quantitative estimate of drug-likeness (QED) is 0.847. The lowest BCUT2D eigenvalue weighted by Gasteiger charge is -2.17. The molecule has 0 saturated carbocycles. The molecule has 0 radical (unpaired) electrons. The predicted octanol–water partition coefficient (Wildman–Crippen LogP) is 2.16. The highest BCUT2D eigenvalue weighted by molar-refractivity contribution is 5.58. The Bertz CT molecular complexity index is 415. The van der Waals surface area contributed by atoms with Gasteiger partial charge in [-0.15, -0.1) is 0 Å². The normalized spacial score (nSPS) is 12.4. The molecular formula is C12H19N3O. The second-order valence-electron chi connectivity index (χ2n) is 4.08. The molecule has 88 valence electrons. The van der Waals surface area contributed by atoms with E-state index in [1.165, 1.54) is 0 Å². The van der Waals surface area contributed by atoms with Gasteiger partial charge in [0.05, 0.1) is 5.56 Å². The fourth-order valence-corrected chi connectivity index (χ4v) is 1.98. The first-order valence-corrected chi connectivity index (χ1v) is 5.40. The highest BCUT2D eigenvalue weighted by atomic mass is 16.5. The Labute approximate surface area is 96.6 Å². The SMILES string of the molecule is COCCC(C)n1c(C)c(C)c(C#N)c1N. The van der Waals surface area contributed by atoms with Crippen molar-refractivity contribution in [2.75, 3.05) is 19.5 Å². The zero-order valence-electron chi connectivity index (χ0n) is 10.4. The van der Waals surface area contributed by atoms with E-state index in [1.54, 1.807) is 7.11 Å². The molecule has 1 atom stereocenters. The van der Waals surface area contributed by atoms with E-state index < -0.39 is 0 Å². The van der Waals surface area contributed by atoms with E-state index in [1.807, 2.05) is 18.4 Å². The summed E-state index contributed by atoms with van der Waals surface area (Å²) in [6, 6.07) is 2.41. The summed E-state index contributed by atoms with van der Waals surface area (Å²) < 4.78 is 7.08. The second kappa shape index (κ2) is 5.04. The van der Waals surface area contributed by atoms with Crippen LogP contribution in [-0.4, -0.2) is 18.3 Å². The van der Waals surface area contributed by atoms with Gasteiger partial charge in [0, 0.05) is 25.5 Å². The molecule has 0 bridgehead atoms. The van der Waals surface area contributed by atoms with Crippen LogP contribution in [0, 0.1) is 25.2 Å². The monoisotopic (exact) mass is 221 g/mol. The van der Waals surface area contributed by atoms with Crippen LogP contribution in [-0.2, 0) is 4.74 Å². The first-order chi connectivity index (χ1) is 7.54. The third-order valence-corrected chi connectivity index (χ3v) is 3.09. The lowest BCUT2D eigenvalue weighted by atomic mass is 10.2. The number of hydrogen-bond acceptors (Lipinski definition) is 3. The van der Waals surface area contributed by atoms with E-state index in [0.29, 0.717) is 18.0 Å². The Morgan fingerprint density at radius 1 is 1.50 bits per heavy atom. The van der Waals surface area contributed by atoms with Gasteiger partial charge >= 0.3 is 0 Å². The maximum atomic E-state index is 9.03. The number of methoxy groups -OCH3 is 1. The second-order valence-corrected chi connectivity index (χ2v) is 4.08. The van der Waals surface area contributed by atoms with Gasteiger partial charge in [-0.25, -0.2) is 0 Å². The molecule has 0 amide bonds. The molecule has 0 aliphatic heterocycles. The van der Waals surface area contributed by atoms with Gasteiger partial charge in [-0.2, -0.15) is 5.26 Å². The average Bonchev–Trinajstić information content (AvgIpc) is 2.47. The van der Waals surface area contributed by atoms with Crippen LogP contribution in [0.1, 0.15) is 36.2 Å². The van der Waals surface area contributed by atoms with Crippen molar-refractivity contribution in [2.45, 2.75) is 33.2 Å². The van der Waals surface area contributed by atoms with Gasteiger partial charge in [-0.05, 0) is 32.8 Å². The van der Waals surface area contributed by atoms with Gasteiger partial charge in [0.25, 0.3) is 0 Å². The van der Waals surface area contributed by atoms with Crippen molar-refractivity contribution in [3.05, 3.63) is 16.8 Å². The number of hydrogen-bond donors (Lipinski definition) is 1. The van der Waals surface area contributed by atoms with E-state index in [9.17, 15) is 0 Å². The van der Waals surface area contributed by atoms with Gasteiger partial charge in [0.2, 0.25) is 0 Å². The molecule has 4 heteroatoms. The van der Waals surface area contributed by atoms with E-state index in [-0.39, 0.29) is 6.04 Å². The van der Waals surface area contributed by atoms with Crippen LogP contribution in [0.3, 0.4) is 0 Å². The molecule has 0 fully saturated rings. The summed E-state index contributed by atoms with van der Waals surface area (Å²) in [6.45, 7) is 6.71. The zero-order chi connectivity index (χ0) is 12.3. The lowest BCUT2D eigenvalue weighted by Crippen LogP contribution is -2.12. The molecule has 1 rings (SSSR count). The minimum atomic E-state index is 0.251. The molecule has 0 aromatic carbocycles. The number of nitrogens with zero attached hydrogens (tertiary/aromatic N) is 2. The van der Waals surface area contributed by atoms with Crippen LogP contribution >= 0.6 is 0 Å². The predicted molar refractivity (Wildman–Crippen MR) is 64.2 cm³/mol. The maximum absolute atomic E-state index is 9.03. The summed E-state index contributed by atoms with van der Waals surface area (Å²) in [6.07, 6.45) is 0.889. The summed E-state index contributed by atoms with van der Waals surface area (Å²) in [7, 11) is 1.69. The third kappa shape index (κ3) is 2.05. The van der Waals surface area contributed by atoms with Crippen LogP contribution < -0.4 is 5.73 Å². The summed E-state index contributed by atoms with van der Waals surface area (Å²) in [5.74, 6) is 0.570. The van der Waals surface area contributed by atoms with Crippen molar-refractivity contribution in [2.24, 2.45) is 0 Å². The largest absolute Gasteiger partial charge is 0.385 e. The Hall–Kier alpha value is -1.47. The molecule has 1 aromatic rings. The van der Waals surface area contributed by atoms with Gasteiger partial charge in [0.1, 0.15) is 11.9 Å². The van der Waals surface area contributed by atoms with E-state index in [4.69, 9.17) is 15.7 Å². The number of nitrogens with two attached hydrogens (primary N) is 1. The highest BCUT2D eigenvalue weighted by Crippen LogP contribution is 2.28. The maximum Gasteiger partial charge on any atom is 0.122 e. The van der Waals surface area contributed by atoms with Crippen LogP contribution in [0.15, 0.2) is 0 Å². The number of aromatic nitrogens is 1. The molecule has 1 aromatic heterocycles. The first-order valence-electron chi connectivity index (χ1n) is 5.40. The number of ether oxygens (including phenoxy) is 1. The van der Waals surface area contributed by atoms with E-state index in [2.05, 4.69) is 13.0 Å². The van der Waals surface area contributed by atoms with Gasteiger partial charge in [0.15, 0.2) is 0 Å². The Balaban J connectivity index is 3.10. The molecule has 16 heavy (non-hydrogen) atoms. The van der Waals surface area contributed by atoms with Crippen molar-refractivity contribution < 1.29 is 4.74 Å². The first kappa shape index (κ1) is 12.6. The van der Waals surface area contributed by atoms with Crippen LogP contribution in [0.4, 0.5) is 5.82 Å². The van der Waals surface area contributed by atoms with Crippen molar-refractivity contribution in [1.29, 1.82) is 5.26 Å². The molecular weight excluding hydrogens is 202 g/mol. The van der Waals surface area contributed by atoms with Crippen molar-refractivity contribution in [1.82, 2.24) is 4.57 Å². The van der Waals surface area contributed by atoms with Gasteiger partial charge < -0.3 is 15.0 Å². The Morgan fingerprint density at radius 3 is 2.56 bits per heavy atom.